The summed E-state index contributed by atoms with van der Waals surface area (Å²) in [6, 6.07) is 6.56. The molecule has 1 N–H and O–H groups in total. The van der Waals surface area contributed by atoms with Crippen LogP contribution in [0.5, 0.6) is 5.75 Å². The van der Waals surface area contributed by atoms with Crippen molar-refractivity contribution >= 4 is 17.4 Å². The van der Waals surface area contributed by atoms with Crippen molar-refractivity contribution in [1.29, 1.82) is 0 Å². The van der Waals surface area contributed by atoms with Crippen LogP contribution < -0.4 is 10.1 Å². The molecule has 0 saturated heterocycles. The Labute approximate surface area is 92.4 Å². The van der Waals surface area contributed by atoms with E-state index < -0.39 is 17.9 Å². The molecule has 0 unspecified atom stereocenters. The van der Waals surface area contributed by atoms with Gasteiger partial charge >= 0.3 is 0 Å². The van der Waals surface area contributed by atoms with Crippen LogP contribution in [0.3, 0.4) is 0 Å². The lowest BCUT2D eigenvalue weighted by atomic mass is 10.2. The van der Waals surface area contributed by atoms with Crippen LogP contribution in [0.15, 0.2) is 24.3 Å². The van der Waals surface area contributed by atoms with Gasteiger partial charge in [-0.05, 0) is 19.1 Å². The monoisotopic (exact) mass is 225 g/mol. The van der Waals surface area contributed by atoms with Crippen LogP contribution in [0, 0.1) is 0 Å². The molecule has 1 aromatic rings. The van der Waals surface area contributed by atoms with E-state index in [9.17, 15) is 14.0 Å². The van der Waals surface area contributed by atoms with Crippen LogP contribution in [0.25, 0.3) is 0 Å². The summed E-state index contributed by atoms with van der Waals surface area (Å²) >= 11 is 0. The van der Waals surface area contributed by atoms with Gasteiger partial charge in [-0.15, -0.1) is 0 Å². The van der Waals surface area contributed by atoms with Crippen LogP contribution in [0.4, 0.5) is 10.1 Å². The molecule has 5 heteroatoms. The number of hydrogen-bond acceptors (Lipinski definition) is 3. The minimum atomic E-state index is -2.15. The summed E-state index contributed by atoms with van der Waals surface area (Å²) < 4.78 is 18.0. The summed E-state index contributed by atoms with van der Waals surface area (Å²) in [7, 11) is 1.43. The molecule has 0 aliphatic heterocycles. The second-order valence-corrected chi connectivity index (χ2v) is 3.16. The van der Waals surface area contributed by atoms with Crippen molar-refractivity contribution < 1.29 is 18.7 Å². The predicted octanol–water partition coefficient (Wildman–Crippen LogP) is 1.56. The zero-order valence-electron chi connectivity index (χ0n) is 8.99. The highest BCUT2D eigenvalue weighted by atomic mass is 19.1. The summed E-state index contributed by atoms with van der Waals surface area (Å²) in [5.74, 6) is -1.41. The van der Waals surface area contributed by atoms with Gasteiger partial charge < -0.3 is 10.1 Å². The molecule has 1 atom stereocenters. The van der Waals surface area contributed by atoms with E-state index >= 15 is 0 Å². The van der Waals surface area contributed by atoms with Gasteiger partial charge in [0.15, 0.2) is 5.78 Å². The van der Waals surface area contributed by atoms with E-state index in [1.165, 1.54) is 7.11 Å². The van der Waals surface area contributed by atoms with Gasteiger partial charge in [0.2, 0.25) is 6.17 Å². The molecule has 0 fully saturated rings. The number of carbonyl (C=O) groups is 2. The first-order valence-corrected chi connectivity index (χ1v) is 4.64. The SMILES string of the molecule is COc1ccccc1NC(=O)[C@@H](F)C(C)=O. The number of halogens is 1. The van der Waals surface area contributed by atoms with Crippen molar-refractivity contribution in [3.63, 3.8) is 0 Å². The van der Waals surface area contributed by atoms with Crippen LogP contribution >= 0.6 is 0 Å². The lowest BCUT2D eigenvalue weighted by Crippen LogP contribution is -2.29. The Bertz CT molecular complexity index is 406. The number of ketones is 1. The number of anilines is 1. The first-order chi connectivity index (χ1) is 7.56. The topological polar surface area (TPSA) is 55.4 Å². The number of nitrogens with one attached hydrogen (secondary N) is 1. The van der Waals surface area contributed by atoms with E-state index in [1.54, 1.807) is 24.3 Å². The van der Waals surface area contributed by atoms with Crippen molar-refractivity contribution in [1.82, 2.24) is 0 Å². The maximum absolute atomic E-state index is 13.0. The molecule has 1 rings (SSSR count). The van der Waals surface area contributed by atoms with Crippen molar-refractivity contribution in [3.8, 4) is 5.75 Å². The summed E-state index contributed by atoms with van der Waals surface area (Å²) in [4.78, 5) is 21.9. The standard InChI is InChI=1S/C11H12FNO3/c1-7(14)10(12)11(15)13-8-5-3-4-6-9(8)16-2/h3-6,10H,1-2H3,(H,13,15)/t10-/m0/s1. The van der Waals surface area contributed by atoms with Gasteiger partial charge in [0.25, 0.3) is 5.91 Å². The molecule has 16 heavy (non-hydrogen) atoms. The average Bonchev–Trinajstić information content (AvgIpc) is 2.28. The molecule has 0 saturated carbocycles. The van der Waals surface area contributed by atoms with Gasteiger partial charge in [0.1, 0.15) is 5.75 Å². The van der Waals surface area contributed by atoms with Crippen LogP contribution in [-0.4, -0.2) is 25.0 Å². The van der Waals surface area contributed by atoms with Gasteiger partial charge in [0, 0.05) is 0 Å². The lowest BCUT2D eigenvalue weighted by molar-refractivity contribution is -0.131. The molecular formula is C11H12FNO3. The van der Waals surface area contributed by atoms with Crippen molar-refractivity contribution in [2.75, 3.05) is 12.4 Å². The summed E-state index contributed by atoms with van der Waals surface area (Å²) in [5.41, 5.74) is 0.332. The number of ether oxygens (including phenoxy) is 1. The predicted molar refractivity (Wildman–Crippen MR) is 57.2 cm³/mol. The summed E-state index contributed by atoms with van der Waals surface area (Å²) in [5, 5.41) is 2.28. The molecule has 86 valence electrons. The molecule has 0 heterocycles. The highest BCUT2D eigenvalue weighted by Gasteiger charge is 2.22. The quantitative estimate of drug-likeness (QED) is 0.791. The number of methoxy groups -OCH3 is 1. The maximum Gasteiger partial charge on any atom is 0.266 e. The fourth-order valence-corrected chi connectivity index (χ4v) is 1.13. The van der Waals surface area contributed by atoms with E-state index in [0.29, 0.717) is 11.4 Å². The zero-order valence-corrected chi connectivity index (χ0v) is 8.99. The molecule has 0 aromatic heterocycles. The molecule has 0 spiro atoms. The zero-order chi connectivity index (χ0) is 12.1. The van der Waals surface area contributed by atoms with Crippen molar-refractivity contribution in [2.45, 2.75) is 13.1 Å². The van der Waals surface area contributed by atoms with Crippen molar-refractivity contribution in [3.05, 3.63) is 24.3 Å². The molecule has 4 nitrogen and oxygen atoms in total. The number of carbonyl (C=O) groups excluding carboxylic acids is 2. The Hall–Kier alpha value is -1.91. The fourth-order valence-electron chi connectivity index (χ4n) is 1.13. The van der Waals surface area contributed by atoms with Crippen LogP contribution in [0.2, 0.25) is 0 Å². The van der Waals surface area contributed by atoms with Crippen molar-refractivity contribution in [2.24, 2.45) is 0 Å². The molecule has 1 aromatic carbocycles. The number of alkyl halides is 1. The van der Waals surface area contributed by atoms with Gasteiger partial charge in [-0.3, -0.25) is 9.59 Å². The minimum absolute atomic E-state index is 0.332. The van der Waals surface area contributed by atoms with E-state index in [1.807, 2.05) is 0 Å². The summed E-state index contributed by atoms with van der Waals surface area (Å²) in [6.45, 7) is 1.02. The first-order valence-electron chi connectivity index (χ1n) is 4.64. The van der Waals surface area contributed by atoms with E-state index in [-0.39, 0.29) is 0 Å². The largest absolute Gasteiger partial charge is 0.495 e. The number of benzene rings is 1. The smallest absolute Gasteiger partial charge is 0.266 e. The number of para-hydroxylation sites is 2. The molecule has 0 radical (unpaired) electrons. The number of Topliss-reactive ketones (excluding diaryl/α,β-unsaturated/α-hetero) is 1. The number of amides is 1. The van der Waals surface area contributed by atoms with Gasteiger partial charge in [-0.2, -0.15) is 0 Å². The van der Waals surface area contributed by atoms with E-state index in [0.717, 1.165) is 6.92 Å². The Balaban J connectivity index is 2.80. The molecule has 0 aliphatic rings. The Morgan fingerprint density at radius 3 is 2.56 bits per heavy atom. The second-order valence-electron chi connectivity index (χ2n) is 3.16. The Morgan fingerprint density at radius 1 is 1.38 bits per heavy atom. The third-order valence-electron chi connectivity index (χ3n) is 1.95. The molecule has 0 aliphatic carbocycles. The normalized spacial score (nSPS) is 11.7. The minimum Gasteiger partial charge on any atom is -0.495 e. The number of rotatable bonds is 4. The molecular weight excluding hydrogens is 213 g/mol. The van der Waals surface area contributed by atoms with E-state index in [4.69, 9.17) is 4.74 Å². The Kier molecular flexibility index (Phi) is 3.99. The maximum atomic E-state index is 13.0. The Morgan fingerprint density at radius 2 is 2.00 bits per heavy atom. The number of hydrogen-bond donors (Lipinski definition) is 1. The fraction of sp³-hybridized carbons (Fsp3) is 0.273. The lowest BCUT2D eigenvalue weighted by Gasteiger charge is -2.10. The summed E-state index contributed by atoms with van der Waals surface area (Å²) in [6.07, 6.45) is -2.15. The van der Waals surface area contributed by atoms with Gasteiger partial charge in [-0.25, -0.2) is 4.39 Å². The molecule has 0 bridgehead atoms. The van der Waals surface area contributed by atoms with Crippen LogP contribution in [-0.2, 0) is 9.59 Å². The van der Waals surface area contributed by atoms with E-state index in [2.05, 4.69) is 5.32 Å². The highest BCUT2D eigenvalue weighted by molar-refractivity contribution is 6.09. The van der Waals surface area contributed by atoms with Gasteiger partial charge in [-0.1, -0.05) is 12.1 Å². The average molecular weight is 225 g/mol. The van der Waals surface area contributed by atoms with Gasteiger partial charge in [0.05, 0.1) is 12.8 Å². The second kappa shape index (κ2) is 5.25. The van der Waals surface area contributed by atoms with Crippen LogP contribution in [0.1, 0.15) is 6.92 Å². The highest BCUT2D eigenvalue weighted by Crippen LogP contribution is 2.23. The third-order valence-corrected chi connectivity index (χ3v) is 1.95. The first kappa shape index (κ1) is 12.2. The molecule has 1 amide bonds. The third kappa shape index (κ3) is 2.79.